The number of carbonyl (C=O) groups is 1. The molecule has 0 saturated carbocycles. The average Bonchev–Trinajstić information content (AvgIpc) is 1.89. The molecule has 1 N–H and O–H groups in total. The van der Waals surface area contributed by atoms with Crippen molar-refractivity contribution in [2.75, 3.05) is 0 Å². The van der Waals surface area contributed by atoms with Crippen molar-refractivity contribution >= 4 is 18.5 Å². The van der Waals surface area contributed by atoms with Gasteiger partial charge in [0.05, 0.1) is 0 Å². The van der Waals surface area contributed by atoms with Crippen LogP contribution in [-0.2, 0) is 0 Å². The highest BCUT2D eigenvalue weighted by molar-refractivity contribution is 7.71. The first-order chi connectivity index (χ1) is 4.34. The molecule has 0 aromatic carbocycles. The normalized spacial score (nSPS) is 8.89. The van der Waals surface area contributed by atoms with Crippen molar-refractivity contribution in [1.29, 1.82) is 0 Å². The number of pyridine rings is 1. The molecule has 0 saturated heterocycles. The monoisotopic (exact) mass is 139 g/mol. The highest BCUT2D eigenvalue weighted by Crippen LogP contribution is 1.93. The Labute approximate surface area is 57.5 Å². The molecule has 3 heteroatoms. The number of aromatic nitrogens is 1. The molecule has 0 fully saturated rings. The maximum atomic E-state index is 10.1. The lowest BCUT2D eigenvalue weighted by molar-refractivity contribution is 0.112. The first-order valence-corrected chi connectivity index (χ1v) is 2.88. The molecule has 0 unspecified atom stereocenters. The van der Waals surface area contributed by atoms with Crippen molar-refractivity contribution in [1.82, 2.24) is 4.98 Å². The average molecular weight is 139 g/mol. The van der Waals surface area contributed by atoms with Gasteiger partial charge in [0.2, 0.25) is 0 Å². The van der Waals surface area contributed by atoms with Crippen molar-refractivity contribution in [3.8, 4) is 0 Å². The van der Waals surface area contributed by atoms with Crippen LogP contribution in [0.1, 0.15) is 10.4 Å². The highest BCUT2D eigenvalue weighted by atomic mass is 32.1. The quantitative estimate of drug-likeness (QED) is 0.473. The number of H-pyrrole nitrogens is 1. The van der Waals surface area contributed by atoms with Gasteiger partial charge in [0.25, 0.3) is 0 Å². The predicted molar refractivity (Wildman–Crippen MR) is 37.0 cm³/mol. The van der Waals surface area contributed by atoms with Gasteiger partial charge in [0, 0.05) is 11.8 Å². The van der Waals surface area contributed by atoms with Gasteiger partial charge in [-0.3, -0.25) is 4.79 Å². The van der Waals surface area contributed by atoms with Crippen LogP contribution in [0.2, 0.25) is 0 Å². The topological polar surface area (TPSA) is 32.9 Å². The van der Waals surface area contributed by atoms with Crippen molar-refractivity contribution in [3.05, 3.63) is 28.5 Å². The van der Waals surface area contributed by atoms with E-state index in [0.717, 1.165) is 6.29 Å². The largest absolute Gasteiger partial charge is 0.352 e. The van der Waals surface area contributed by atoms with E-state index in [9.17, 15) is 4.79 Å². The summed E-state index contributed by atoms with van der Waals surface area (Å²) < 4.78 is 0.493. The number of nitrogens with one attached hydrogen (secondary N) is 1. The van der Waals surface area contributed by atoms with Crippen LogP contribution >= 0.6 is 12.2 Å². The third kappa shape index (κ3) is 1.23. The van der Waals surface area contributed by atoms with Crippen molar-refractivity contribution in [2.24, 2.45) is 0 Å². The lowest BCUT2D eigenvalue weighted by Gasteiger charge is -1.85. The maximum Gasteiger partial charge on any atom is 0.153 e. The Morgan fingerprint density at radius 2 is 2.44 bits per heavy atom. The van der Waals surface area contributed by atoms with E-state index in [1.54, 1.807) is 18.3 Å². The van der Waals surface area contributed by atoms with Gasteiger partial charge in [0.1, 0.15) is 4.64 Å². The fourth-order valence-electron chi connectivity index (χ4n) is 0.527. The Bertz CT molecular complexity index is 266. The Balaban J connectivity index is 3.32. The summed E-state index contributed by atoms with van der Waals surface area (Å²) in [6.07, 6.45) is 2.42. The van der Waals surface area contributed by atoms with Gasteiger partial charge in [-0.25, -0.2) is 0 Å². The van der Waals surface area contributed by atoms with Crippen LogP contribution in [0.4, 0.5) is 0 Å². The maximum absolute atomic E-state index is 10.1. The van der Waals surface area contributed by atoms with Crippen LogP contribution in [0, 0.1) is 4.64 Å². The third-order valence-electron chi connectivity index (χ3n) is 0.976. The van der Waals surface area contributed by atoms with Gasteiger partial charge >= 0.3 is 0 Å². The Hall–Kier alpha value is -0.960. The lowest BCUT2D eigenvalue weighted by Crippen LogP contribution is -1.81. The number of rotatable bonds is 1. The van der Waals surface area contributed by atoms with Crippen LogP contribution in [0.3, 0.4) is 0 Å². The van der Waals surface area contributed by atoms with Gasteiger partial charge < -0.3 is 4.98 Å². The SMILES string of the molecule is O=Cc1ccc[nH]c1=S. The van der Waals surface area contributed by atoms with E-state index in [1.165, 1.54) is 0 Å². The molecule has 9 heavy (non-hydrogen) atoms. The summed E-state index contributed by atoms with van der Waals surface area (Å²) in [5, 5.41) is 0. The molecule has 1 aromatic heterocycles. The molecule has 0 spiro atoms. The molecule has 0 radical (unpaired) electrons. The number of aldehydes is 1. The fraction of sp³-hybridized carbons (Fsp3) is 0. The molecule has 1 rings (SSSR count). The van der Waals surface area contributed by atoms with Crippen LogP contribution < -0.4 is 0 Å². The van der Waals surface area contributed by atoms with Crippen LogP contribution in [0.15, 0.2) is 18.3 Å². The molecule has 0 aliphatic carbocycles. The van der Waals surface area contributed by atoms with E-state index in [2.05, 4.69) is 4.98 Å². The molecule has 1 heterocycles. The molecule has 46 valence electrons. The highest BCUT2D eigenvalue weighted by Gasteiger charge is 1.87. The van der Waals surface area contributed by atoms with E-state index in [1.807, 2.05) is 0 Å². The van der Waals surface area contributed by atoms with Crippen LogP contribution in [0.25, 0.3) is 0 Å². The molecular weight excluding hydrogens is 134 g/mol. The lowest BCUT2D eigenvalue weighted by atomic mass is 10.3. The summed E-state index contributed by atoms with van der Waals surface area (Å²) in [5.74, 6) is 0. The Morgan fingerprint density at radius 1 is 1.67 bits per heavy atom. The Morgan fingerprint density at radius 3 is 2.89 bits per heavy atom. The predicted octanol–water partition coefficient (Wildman–Crippen LogP) is 1.56. The standard InChI is InChI=1S/C6H5NOS/c8-4-5-2-1-3-7-6(5)9/h1-4H,(H,7,9). The van der Waals surface area contributed by atoms with E-state index >= 15 is 0 Å². The smallest absolute Gasteiger partial charge is 0.153 e. The first-order valence-electron chi connectivity index (χ1n) is 2.47. The molecule has 0 bridgehead atoms. The molecule has 1 aromatic rings. The van der Waals surface area contributed by atoms with Gasteiger partial charge in [-0.05, 0) is 12.1 Å². The number of aromatic amines is 1. The first kappa shape index (κ1) is 6.16. The summed E-state index contributed by atoms with van der Waals surface area (Å²) in [4.78, 5) is 12.9. The van der Waals surface area contributed by atoms with E-state index in [0.29, 0.717) is 10.2 Å². The third-order valence-corrected chi connectivity index (χ3v) is 1.33. The second kappa shape index (κ2) is 2.55. The number of hydrogen-bond acceptors (Lipinski definition) is 2. The zero-order chi connectivity index (χ0) is 6.69. The molecule has 0 atom stereocenters. The molecule has 0 aliphatic heterocycles. The summed E-state index contributed by atoms with van der Waals surface area (Å²) in [7, 11) is 0. The zero-order valence-corrected chi connectivity index (χ0v) is 5.44. The summed E-state index contributed by atoms with van der Waals surface area (Å²) in [6, 6.07) is 3.41. The second-order valence-corrected chi connectivity index (χ2v) is 1.98. The fourth-order valence-corrected chi connectivity index (χ4v) is 0.712. The van der Waals surface area contributed by atoms with Crippen molar-refractivity contribution in [2.45, 2.75) is 0 Å². The van der Waals surface area contributed by atoms with Gasteiger partial charge in [0.15, 0.2) is 6.29 Å². The van der Waals surface area contributed by atoms with Crippen LogP contribution in [-0.4, -0.2) is 11.3 Å². The Kier molecular flexibility index (Phi) is 1.75. The summed E-state index contributed by atoms with van der Waals surface area (Å²) in [5.41, 5.74) is 0.535. The van der Waals surface area contributed by atoms with Crippen molar-refractivity contribution < 1.29 is 4.79 Å². The van der Waals surface area contributed by atoms with Gasteiger partial charge in [-0.15, -0.1) is 0 Å². The number of carbonyl (C=O) groups excluding carboxylic acids is 1. The van der Waals surface area contributed by atoms with Gasteiger partial charge in [-0.1, -0.05) is 12.2 Å². The van der Waals surface area contributed by atoms with E-state index in [-0.39, 0.29) is 0 Å². The second-order valence-electron chi connectivity index (χ2n) is 1.57. The number of hydrogen-bond donors (Lipinski definition) is 1. The summed E-state index contributed by atoms with van der Waals surface area (Å²) in [6.45, 7) is 0. The van der Waals surface area contributed by atoms with E-state index in [4.69, 9.17) is 12.2 Å². The molecule has 0 aliphatic rings. The van der Waals surface area contributed by atoms with Gasteiger partial charge in [-0.2, -0.15) is 0 Å². The summed E-state index contributed by atoms with van der Waals surface area (Å²) >= 11 is 4.76. The van der Waals surface area contributed by atoms with Crippen molar-refractivity contribution in [3.63, 3.8) is 0 Å². The minimum atomic E-state index is 0.493. The van der Waals surface area contributed by atoms with E-state index < -0.39 is 0 Å². The molecule has 0 amide bonds. The minimum absolute atomic E-state index is 0.493. The molecule has 2 nitrogen and oxygen atoms in total. The molecular formula is C6H5NOS. The minimum Gasteiger partial charge on any atom is -0.352 e. The zero-order valence-electron chi connectivity index (χ0n) is 4.63. The van der Waals surface area contributed by atoms with Crippen LogP contribution in [0.5, 0.6) is 0 Å².